The number of rotatable bonds is 6. The molecule has 0 heterocycles. The molecule has 2 nitrogen and oxygen atoms in total. The van der Waals surface area contributed by atoms with E-state index in [0.29, 0.717) is 5.54 Å². The highest BCUT2D eigenvalue weighted by molar-refractivity contribution is 6.70. The maximum absolute atomic E-state index is 6.56. The highest BCUT2D eigenvalue weighted by Crippen LogP contribution is 2.54. The summed E-state index contributed by atoms with van der Waals surface area (Å²) in [6.07, 6.45) is 8.12. The summed E-state index contributed by atoms with van der Waals surface area (Å²) in [4.78, 5) is 0. The maximum Gasteiger partial charge on any atom is 0.344 e. The summed E-state index contributed by atoms with van der Waals surface area (Å²) in [6.45, 7) is 13.3. The van der Waals surface area contributed by atoms with Gasteiger partial charge in [-0.1, -0.05) is 40.0 Å². The van der Waals surface area contributed by atoms with Crippen LogP contribution in [0.3, 0.4) is 0 Å². The van der Waals surface area contributed by atoms with E-state index in [2.05, 4.69) is 34.6 Å². The minimum atomic E-state index is -2.10. The molecule has 2 rings (SSSR count). The average molecular weight is 313 g/mol. The zero-order valence-corrected chi connectivity index (χ0v) is 15.9. The quantitative estimate of drug-likeness (QED) is 0.601. The van der Waals surface area contributed by atoms with Gasteiger partial charge in [-0.2, -0.15) is 0 Å². The SMILES string of the molecule is CCO[Si](OCC)(C1CCC(C)CC1)C1CCC(C)C1C. The van der Waals surface area contributed by atoms with Crippen molar-refractivity contribution in [2.45, 2.75) is 84.2 Å². The standard InChI is InChI=1S/C18H36O2Si/c1-6-19-21(20-7-2,17-11-8-14(3)9-12-17)18-13-10-15(4)16(18)5/h14-18H,6-13H2,1-5H3. The Morgan fingerprint density at radius 1 is 0.810 bits per heavy atom. The van der Waals surface area contributed by atoms with E-state index in [1.807, 2.05) is 0 Å². The highest BCUT2D eigenvalue weighted by Gasteiger charge is 2.56. The van der Waals surface area contributed by atoms with Crippen LogP contribution in [-0.4, -0.2) is 21.8 Å². The molecule has 0 spiro atoms. The molecule has 124 valence electrons. The van der Waals surface area contributed by atoms with Gasteiger partial charge in [0.05, 0.1) is 0 Å². The van der Waals surface area contributed by atoms with Gasteiger partial charge in [0.1, 0.15) is 0 Å². The van der Waals surface area contributed by atoms with Crippen LogP contribution in [0, 0.1) is 17.8 Å². The first kappa shape index (κ1) is 17.5. The Hall–Kier alpha value is 0.137. The van der Waals surface area contributed by atoms with Gasteiger partial charge in [0.25, 0.3) is 0 Å². The van der Waals surface area contributed by atoms with E-state index >= 15 is 0 Å². The first-order chi connectivity index (χ1) is 10.0. The summed E-state index contributed by atoms with van der Waals surface area (Å²) in [6, 6.07) is 0. The van der Waals surface area contributed by atoms with Crippen molar-refractivity contribution in [3.8, 4) is 0 Å². The molecule has 2 aliphatic rings. The predicted octanol–water partition coefficient (Wildman–Crippen LogP) is 5.52. The first-order valence-corrected chi connectivity index (χ1v) is 11.3. The number of hydrogen-bond donors (Lipinski definition) is 0. The summed E-state index contributed by atoms with van der Waals surface area (Å²) < 4.78 is 13.1. The largest absolute Gasteiger partial charge is 0.394 e. The fourth-order valence-corrected chi connectivity index (χ4v) is 10.1. The summed E-state index contributed by atoms with van der Waals surface area (Å²) in [7, 11) is -2.10. The molecule has 0 saturated heterocycles. The van der Waals surface area contributed by atoms with Crippen molar-refractivity contribution in [3.05, 3.63) is 0 Å². The molecule has 0 N–H and O–H groups in total. The highest BCUT2D eigenvalue weighted by atomic mass is 28.4. The Labute approximate surface area is 133 Å². The fourth-order valence-electron chi connectivity index (χ4n) is 4.84. The zero-order valence-electron chi connectivity index (χ0n) is 14.9. The van der Waals surface area contributed by atoms with E-state index in [4.69, 9.17) is 8.85 Å². The van der Waals surface area contributed by atoms with Gasteiger partial charge in [0.2, 0.25) is 0 Å². The van der Waals surface area contributed by atoms with Crippen molar-refractivity contribution in [2.24, 2.45) is 17.8 Å². The third-order valence-corrected chi connectivity index (χ3v) is 11.4. The third-order valence-electron chi connectivity index (χ3n) is 6.31. The van der Waals surface area contributed by atoms with Gasteiger partial charge in [-0.05, 0) is 50.9 Å². The monoisotopic (exact) mass is 312 g/mol. The second kappa shape index (κ2) is 7.61. The van der Waals surface area contributed by atoms with E-state index in [0.717, 1.165) is 36.5 Å². The van der Waals surface area contributed by atoms with Gasteiger partial charge >= 0.3 is 8.56 Å². The van der Waals surface area contributed by atoms with Crippen molar-refractivity contribution in [3.63, 3.8) is 0 Å². The van der Waals surface area contributed by atoms with Crippen LogP contribution < -0.4 is 0 Å². The molecule has 3 heteroatoms. The molecule has 0 aromatic carbocycles. The first-order valence-electron chi connectivity index (χ1n) is 9.33. The Morgan fingerprint density at radius 2 is 1.38 bits per heavy atom. The van der Waals surface area contributed by atoms with E-state index in [1.165, 1.54) is 38.5 Å². The molecule has 2 aliphatic carbocycles. The normalized spacial score (nSPS) is 37.9. The molecule has 0 radical (unpaired) electrons. The lowest BCUT2D eigenvalue weighted by atomic mass is 9.90. The Balaban J connectivity index is 2.24. The second-order valence-corrected chi connectivity index (χ2v) is 11.1. The van der Waals surface area contributed by atoms with Crippen molar-refractivity contribution >= 4 is 8.56 Å². The summed E-state index contributed by atoms with van der Waals surface area (Å²) in [5.41, 5.74) is 1.44. The van der Waals surface area contributed by atoms with E-state index in [1.54, 1.807) is 0 Å². The molecular formula is C18H36O2Si. The molecule has 0 amide bonds. The van der Waals surface area contributed by atoms with Crippen LogP contribution in [0.25, 0.3) is 0 Å². The molecule has 0 aliphatic heterocycles. The van der Waals surface area contributed by atoms with Crippen LogP contribution in [0.5, 0.6) is 0 Å². The minimum Gasteiger partial charge on any atom is -0.394 e. The van der Waals surface area contributed by atoms with Crippen LogP contribution in [0.2, 0.25) is 11.1 Å². The summed E-state index contributed by atoms with van der Waals surface area (Å²) in [5.74, 6) is 2.51. The minimum absolute atomic E-state index is 0.714. The Bertz CT molecular complexity index is 306. The van der Waals surface area contributed by atoms with Crippen LogP contribution in [0.15, 0.2) is 0 Å². The van der Waals surface area contributed by atoms with Crippen LogP contribution in [0.1, 0.15) is 73.1 Å². The molecule has 2 saturated carbocycles. The molecule has 0 bridgehead atoms. The van der Waals surface area contributed by atoms with Crippen LogP contribution in [0.4, 0.5) is 0 Å². The van der Waals surface area contributed by atoms with Crippen molar-refractivity contribution in [2.75, 3.05) is 13.2 Å². The molecular weight excluding hydrogens is 276 g/mol. The molecule has 21 heavy (non-hydrogen) atoms. The lowest BCUT2D eigenvalue weighted by Crippen LogP contribution is -2.53. The van der Waals surface area contributed by atoms with Crippen molar-refractivity contribution < 1.29 is 8.85 Å². The smallest absolute Gasteiger partial charge is 0.344 e. The lowest BCUT2D eigenvalue weighted by molar-refractivity contribution is 0.143. The Kier molecular flexibility index (Phi) is 6.34. The van der Waals surface area contributed by atoms with E-state index in [-0.39, 0.29) is 0 Å². The van der Waals surface area contributed by atoms with E-state index < -0.39 is 8.56 Å². The topological polar surface area (TPSA) is 18.5 Å². The van der Waals surface area contributed by atoms with Gasteiger partial charge in [-0.25, -0.2) is 0 Å². The summed E-state index contributed by atoms with van der Waals surface area (Å²) in [5, 5.41) is 0. The van der Waals surface area contributed by atoms with Gasteiger partial charge in [0, 0.05) is 24.3 Å². The number of hydrogen-bond acceptors (Lipinski definition) is 2. The van der Waals surface area contributed by atoms with Gasteiger partial charge in [-0.15, -0.1) is 0 Å². The fraction of sp³-hybridized carbons (Fsp3) is 1.00. The van der Waals surface area contributed by atoms with Crippen molar-refractivity contribution in [1.29, 1.82) is 0 Å². The van der Waals surface area contributed by atoms with Gasteiger partial charge < -0.3 is 8.85 Å². The predicted molar refractivity (Wildman–Crippen MR) is 91.7 cm³/mol. The third kappa shape index (κ3) is 3.56. The van der Waals surface area contributed by atoms with Crippen LogP contribution in [-0.2, 0) is 8.85 Å². The molecule has 2 fully saturated rings. The summed E-state index contributed by atoms with van der Waals surface area (Å²) >= 11 is 0. The molecule has 3 unspecified atom stereocenters. The van der Waals surface area contributed by atoms with Crippen LogP contribution >= 0.6 is 0 Å². The van der Waals surface area contributed by atoms with Crippen molar-refractivity contribution in [1.82, 2.24) is 0 Å². The van der Waals surface area contributed by atoms with Gasteiger partial charge in [-0.3, -0.25) is 0 Å². The molecule has 3 atom stereocenters. The van der Waals surface area contributed by atoms with Gasteiger partial charge in [0.15, 0.2) is 0 Å². The second-order valence-electron chi connectivity index (χ2n) is 7.56. The average Bonchev–Trinajstić information content (AvgIpc) is 2.80. The van der Waals surface area contributed by atoms with E-state index in [9.17, 15) is 0 Å². The molecule has 0 aromatic rings. The Morgan fingerprint density at radius 3 is 1.81 bits per heavy atom. The molecule has 0 aromatic heterocycles. The zero-order chi connectivity index (χ0) is 15.5. The maximum atomic E-state index is 6.56. The lowest BCUT2D eigenvalue weighted by Gasteiger charge is -2.45.